The number of hydrogen-bond acceptors (Lipinski definition) is 6. The molecule has 0 aliphatic carbocycles. The van der Waals surface area contributed by atoms with Gasteiger partial charge in [0.25, 0.3) is 0 Å². The van der Waals surface area contributed by atoms with Gasteiger partial charge in [0.05, 0.1) is 17.6 Å². The molecule has 8 heteroatoms. The summed E-state index contributed by atoms with van der Waals surface area (Å²) in [6.45, 7) is 5.87. The minimum atomic E-state index is -3.58. The number of piperazine rings is 1. The van der Waals surface area contributed by atoms with Crippen molar-refractivity contribution in [3.05, 3.63) is 77.4 Å². The number of benzene rings is 3. The van der Waals surface area contributed by atoms with Crippen molar-refractivity contribution < 1.29 is 17.9 Å². The number of aliphatic imine (C=N–C) groups is 1. The molecule has 2 aliphatic rings. The summed E-state index contributed by atoms with van der Waals surface area (Å²) < 4.78 is 39.3. The number of amidine groups is 1. The van der Waals surface area contributed by atoms with E-state index in [4.69, 9.17) is 14.5 Å². The van der Waals surface area contributed by atoms with Crippen LogP contribution in [0.25, 0.3) is 0 Å². The van der Waals surface area contributed by atoms with Crippen LogP contribution >= 0.6 is 0 Å². The summed E-state index contributed by atoms with van der Waals surface area (Å²) in [5, 5.41) is 0. The summed E-state index contributed by atoms with van der Waals surface area (Å²) in [6.07, 6.45) is 0. The lowest BCUT2D eigenvalue weighted by Gasteiger charge is -2.36. The second-order valence-electron chi connectivity index (χ2n) is 8.57. The molecule has 0 unspecified atom stereocenters. The summed E-state index contributed by atoms with van der Waals surface area (Å²) in [6, 6.07) is 18.6. The van der Waals surface area contributed by atoms with Gasteiger partial charge in [-0.2, -0.15) is 4.31 Å². The number of ether oxygens (including phenoxy) is 2. The maximum Gasteiger partial charge on any atom is 0.243 e. The van der Waals surface area contributed by atoms with E-state index in [0.29, 0.717) is 31.9 Å². The number of fused-ring (bicyclic) bond motifs is 2. The Hall–Kier alpha value is -3.36. The average Bonchev–Trinajstić information content (AvgIpc) is 3.00. The lowest BCUT2D eigenvalue weighted by atomic mass is 10.1. The summed E-state index contributed by atoms with van der Waals surface area (Å²) in [4.78, 5) is 7.41. The number of nitrogens with zero attached hydrogens (tertiary/aromatic N) is 3. The molecule has 0 aromatic heterocycles. The third-order valence-electron chi connectivity index (χ3n) is 6.17. The van der Waals surface area contributed by atoms with Gasteiger partial charge >= 0.3 is 0 Å². The van der Waals surface area contributed by atoms with E-state index in [1.54, 1.807) is 31.4 Å². The van der Waals surface area contributed by atoms with Crippen LogP contribution in [0.15, 0.2) is 70.6 Å². The highest BCUT2D eigenvalue weighted by Gasteiger charge is 2.31. The number of sulfonamides is 1. The zero-order valence-corrected chi connectivity index (χ0v) is 20.3. The zero-order chi connectivity index (χ0) is 23.9. The van der Waals surface area contributed by atoms with Gasteiger partial charge in [0.15, 0.2) is 5.75 Å². The van der Waals surface area contributed by atoms with Gasteiger partial charge in [0.1, 0.15) is 23.0 Å². The molecule has 0 amide bonds. The number of methoxy groups -OCH3 is 1. The Labute approximate surface area is 200 Å². The van der Waals surface area contributed by atoms with Gasteiger partial charge in [-0.15, -0.1) is 0 Å². The van der Waals surface area contributed by atoms with Crippen LogP contribution in [-0.4, -0.2) is 56.7 Å². The fourth-order valence-corrected chi connectivity index (χ4v) is 5.70. The Morgan fingerprint density at radius 2 is 1.53 bits per heavy atom. The molecular formula is C26H27N3O4S. The van der Waals surface area contributed by atoms with E-state index in [-0.39, 0.29) is 4.90 Å². The van der Waals surface area contributed by atoms with E-state index >= 15 is 0 Å². The van der Waals surface area contributed by atoms with Crippen LogP contribution < -0.4 is 9.47 Å². The van der Waals surface area contributed by atoms with Crippen LogP contribution in [0, 0.1) is 13.8 Å². The largest absolute Gasteiger partial charge is 0.497 e. The van der Waals surface area contributed by atoms with Crippen LogP contribution in [0.5, 0.6) is 17.2 Å². The molecule has 1 fully saturated rings. The standard InChI is InChI=1S/C26H27N3O4S/c1-18-5-11-24-22(16-18)26(27-23-10-4-19(2)17-25(23)33-24)28-12-14-29(15-13-28)34(30,31)21-8-6-20(32-3)7-9-21/h4-11,16-17H,12-15H2,1-3H3. The molecule has 2 aliphatic heterocycles. The van der Waals surface area contributed by atoms with Gasteiger partial charge in [0, 0.05) is 26.2 Å². The third-order valence-corrected chi connectivity index (χ3v) is 8.09. The van der Waals surface area contributed by atoms with E-state index in [0.717, 1.165) is 39.7 Å². The SMILES string of the molecule is COc1ccc(S(=O)(=O)N2CCN(C3=Nc4ccc(C)cc4Oc4ccc(C)cc43)CC2)cc1. The normalized spacial score (nSPS) is 16.1. The third kappa shape index (κ3) is 4.15. The van der Waals surface area contributed by atoms with Gasteiger partial charge in [-0.3, -0.25) is 0 Å². The maximum atomic E-state index is 13.2. The highest BCUT2D eigenvalue weighted by Crippen LogP contribution is 2.39. The van der Waals surface area contributed by atoms with Crippen molar-refractivity contribution in [1.29, 1.82) is 0 Å². The average molecular weight is 478 g/mol. The first kappa shape index (κ1) is 22.4. The van der Waals surface area contributed by atoms with Gasteiger partial charge in [0.2, 0.25) is 10.0 Å². The fourth-order valence-electron chi connectivity index (χ4n) is 4.27. The molecule has 0 radical (unpaired) electrons. The van der Waals surface area contributed by atoms with Crippen molar-refractivity contribution in [3.8, 4) is 17.2 Å². The molecule has 0 atom stereocenters. The lowest BCUT2D eigenvalue weighted by molar-refractivity contribution is 0.266. The number of aryl methyl sites for hydroxylation is 2. The molecule has 2 heterocycles. The lowest BCUT2D eigenvalue weighted by Crippen LogP contribution is -2.50. The highest BCUT2D eigenvalue weighted by atomic mass is 32.2. The minimum Gasteiger partial charge on any atom is -0.497 e. The van der Waals surface area contributed by atoms with E-state index in [1.807, 2.05) is 44.2 Å². The van der Waals surface area contributed by atoms with Crippen LogP contribution in [0.2, 0.25) is 0 Å². The van der Waals surface area contributed by atoms with E-state index in [2.05, 4.69) is 11.0 Å². The Morgan fingerprint density at radius 1 is 0.853 bits per heavy atom. The van der Waals surface area contributed by atoms with Gasteiger partial charge in [-0.1, -0.05) is 17.7 Å². The Bertz CT molecular complexity index is 1360. The predicted octanol–water partition coefficient (Wildman–Crippen LogP) is 4.50. The van der Waals surface area contributed by atoms with Crippen molar-refractivity contribution in [2.24, 2.45) is 4.99 Å². The molecule has 7 nitrogen and oxygen atoms in total. The van der Waals surface area contributed by atoms with Crippen molar-refractivity contribution >= 4 is 21.5 Å². The van der Waals surface area contributed by atoms with Crippen LogP contribution in [-0.2, 0) is 10.0 Å². The molecule has 176 valence electrons. The van der Waals surface area contributed by atoms with Crippen molar-refractivity contribution in [2.75, 3.05) is 33.3 Å². The fraction of sp³-hybridized carbons (Fsp3) is 0.269. The smallest absolute Gasteiger partial charge is 0.243 e. The van der Waals surface area contributed by atoms with E-state index in [1.165, 1.54) is 4.31 Å². The predicted molar refractivity (Wildman–Crippen MR) is 132 cm³/mol. The second kappa shape index (κ2) is 8.77. The maximum absolute atomic E-state index is 13.2. The quantitative estimate of drug-likeness (QED) is 0.555. The molecule has 0 saturated carbocycles. The summed E-state index contributed by atoms with van der Waals surface area (Å²) in [5.41, 5.74) is 3.89. The first-order valence-corrected chi connectivity index (χ1v) is 12.7. The Kier molecular flexibility index (Phi) is 5.79. The molecule has 3 aromatic carbocycles. The molecule has 34 heavy (non-hydrogen) atoms. The van der Waals surface area contributed by atoms with Crippen LogP contribution in [0.3, 0.4) is 0 Å². The zero-order valence-electron chi connectivity index (χ0n) is 19.5. The van der Waals surface area contributed by atoms with Crippen molar-refractivity contribution in [1.82, 2.24) is 9.21 Å². The number of rotatable bonds is 3. The first-order valence-electron chi connectivity index (χ1n) is 11.2. The van der Waals surface area contributed by atoms with Gasteiger partial charge < -0.3 is 14.4 Å². The summed E-state index contributed by atoms with van der Waals surface area (Å²) in [5.74, 6) is 2.91. The molecule has 5 rings (SSSR count). The minimum absolute atomic E-state index is 0.271. The van der Waals surface area contributed by atoms with Gasteiger partial charge in [-0.25, -0.2) is 13.4 Å². The molecule has 1 saturated heterocycles. The molecule has 0 N–H and O–H groups in total. The van der Waals surface area contributed by atoms with E-state index < -0.39 is 10.0 Å². The second-order valence-corrected chi connectivity index (χ2v) is 10.5. The topological polar surface area (TPSA) is 71.4 Å². The molecule has 0 bridgehead atoms. The van der Waals surface area contributed by atoms with Gasteiger partial charge in [-0.05, 0) is 67.9 Å². The van der Waals surface area contributed by atoms with Crippen LogP contribution in [0.1, 0.15) is 16.7 Å². The van der Waals surface area contributed by atoms with Crippen LogP contribution in [0.4, 0.5) is 5.69 Å². The Balaban J connectivity index is 1.43. The van der Waals surface area contributed by atoms with Crippen molar-refractivity contribution in [3.63, 3.8) is 0 Å². The summed E-state index contributed by atoms with van der Waals surface area (Å²) in [7, 11) is -2.02. The molecule has 3 aromatic rings. The molecule has 0 spiro atoms. The highest BCUT2D eigenvalue weighted by molar-refractivity contribution is 7.89. The number of hydrogen-bond donors (Lipinski definition) is 0. The summed E-state index contributed by atoms with van der Waals surface area (Å²) >= 11 is 0. The monoisotopic (exact) mass is 477 g/mol. The Morgan fingerprint density at radius 3 is 2.24 bits per heavy atom. The van der Waals surface area contributed by atoms with E-state index in [9.17, 15) is 8.42 Å². The first-order chi connectivity index (χ1) is 16.3. The molecular weight excluding hydrogens is 450 g/mol. The van der Waals surface area contributed by atoms with Crippen molar-refractivity contribution in [2.45, 2.75) is 18.7 Å².